The van der Waals surface area contributed by atoms with Gasteiger partial charge in [-0.1, -0.05) is 42.8 Å². The number of rotatable bonds is 3. The highest BCUT2D eigenvalue weighted by molar-refractivity contribution is 7.80. The second-order valence-electron chi connectivity index (χ2n) is 4.44. The van der Waals surface area contributed by atoms with Crippen LogP contribution in [0.3, 0.4) is 0 Å². The van der Waals surface area contributed by atoms with Gasteiger partial charge in [0.05, 0.1) is 10.7 Å². The molecule has 2 aromatic rings. The Hall–Kier alpha value is -1.91. The van der Waals surface area contributed by atoms with Gasteiger partial charge >= 0.3 is 0 Å². The van der Waals surface area contributed by atoms with Crippen molar-refractivity contribution >= 4 is 40.5 Å². The Morgan fingerprint density at radius 2 is 1.81 bits per heavy atom. The number of halogens is 1. The lowest BCUT2D eigenvalue weighted by Gasteiger charge is -2.10. The van der Waals surface area contributed by atoms with Crippen molar-refractivity contribution in [2.45, 2.75) is 13.3 Å². The first-order chi connectivity index (χ1) is 10.1. The van der Waals surface area contributed by atoms with Gasteiger partial charge in [-0.3, -0.25) is 10.1 Å². The fourth-order valence-electron chi connectivity index (χ4n) is 1.78. The number of para-hydroxylation sites is 1. The first kappa shape index (κ1) is 15.5. The van der Waals surface area contributed by atoms with E-state index in [1.54, 1.807) is 24.3 Å². The molecule has 0 aliphatic heterocycles. The van der Waals surface area contributed by atoms with Crippen molar-refractivity contribution in [1.29, 1.82) is 0 Å². The van der Waals surface area contributed by atoms with Crippen LogP contribution in [0.4, 0.5) is 5.69 Å². The predicted molar refractivity (Wildman–Crippen MR) is 91.0 cm³/mol. The largest absolute Gasteiger partial charge is 0.331 e. The molecule has 3 nitrogen and oxygen atoms in total. The number of anilines is 1. The number of hydrogen-bond acceptors (Lipinski definition) is 2. The highest BCUT2D eigenvalue weighted by atomic mass is 35.5. The molecular formula is C16H15ClN2OS. The van der Waals surface area contributed by atoms with E-state index in [1.165, 1.54) is 5.56 Å². The maximum absolute atomic E-state index is 12.1. The summed E-state index contributed by atoms with van der Waals surface area (Å²) in [6.07, 6.45) is 0.939. The molecule has 5 heteroatoms. The Bertz CT molecular complexity index is 656. The summed E-state index contributed by atoms with van der Waals surface area (Å²) in [5.41, 5.74) is 2.41. The van der Waals surface area contributed by atoms with E-state index in [1.807, 2.05) is 24.3 Å². The normalized spacial score (nSPS) is 10.0. The first-order valence-electron chi connectivity index (χ1n) is 6.56. The maximum Gasteiger partial charge on any atom is 0.257 e. The zero-order valence-corrected chi connectivity index (χ0v) is 13.1. The molecule has 2 N–H and O–H groups in total. The van der Waals surface area contributed by atoms with Crippen LogP contribution in [-0.4, -0.2) is 11.0 Å². The lowest BCUT2D eigenvalue weighted by molar-refractivity contribution is 0.0977. The molecule has 2 aromatic carbocycles. The molecular weight excluding hydrogens is 304 g/mol. The van der Waals surface area contributed by atoms with Crippen LogP contribution < -0.4 is 10.6 Å². The molecule has 0 atom stereocenters. The van der Waals surface area contributed by atoms with Gasteiger partial charge in [0.15, 0.2) is 5.11 Å². The number of hydrogen-bond donors (Lipinski definition) is 2. The molecule has 0 fully saturated rings. The van der Waals surface area contributed by atoms with Crippen molar-refractivity contribution in [1.82, 2.24) is 5.32 Å². The van der Waals surface area contributed by atoms with E-state index in [9.17, 15) is 4.79 Å². The van der Waals surface area contributed by atoms with E-state index in [0.29, 0.717) is 16.3 Å². The topological polar surface area (TPSA) is 41.1 Å². The third-order valence-electron chi connectivity index (χ3n) is 2.97. The van der Waals surface area contributed by atoms with Gasteiger partial charge in [-0.25, -0.2) is 0 Å². The lowest BCUT2D eigenvalue weighted by atomic mass is 10.1. The molecule has 0 aromatic heterocycles. The minimum atomic E-state index is -0.248. The molecule has 0 aliphatic carbocycles. The third-order valence-corrected chi connectivity index (χ3v) is 3.51. The number of carbonyl (C=O) groups is 1. The van der Waals surface area contributed by atoms with E-state index in [-0.39, 0.29) is 11.0 Å². The van der Waals surface area contributed by atoms with Gasteiger partial charge in [-0.15, -0.1) is 0 Å². The molecule has 0 aliphatic rings. The fourth-order valence-corrected chi connectivity index (χ4v) is 2.17. The summed E-state index contributed by atoms with van der Waals surface area (Å²) in [4.78, 5) is 12.1. The van der Waals surface area contributed by atoms with Crippen LogP contribution >= 0.6 is 23.8 Å². The minimum absolute atomic E-state index is 0.215. The zero-order chi connectivity index (χ0) is 15.2. The molecule has 0 radical (unpaired) electrons. The van der Waals surface area contributed by atoms with Crippen LogP contribution in [-0.2, 0) is 6.42 Å². The van der Waals surface area contributed by atoms with Crippen molar-refractivity contribution in [3.05, 3.63) is 64.7 Å². The molecule has 0 bridgehead atoms. The SMILES string of the molecule is CCc1ccc(C(=O)NC(=S)Nc2ccccc2Cl)cc1. The summed E-state index contributed by atoms with van der Waals surface area (Å²) in [7, 11) is 0. The summed E-state index contributed by atoms with van der Waals surface area (Å²) in [6.45, 7) is 2.07. The quantitative estimate of drug-likeness (QED) is 0.840. The molecule has 0 saturated carbocycles. The molecule has 0 saturated heterocycles. The summed E-state index contributed by atoms with van der Waals surface area (Å²) >= 11 is 11.1. The molecule has 2 rings (SSSR count). The van der Waals surface area contributed by atoms with Crippen LogP contribution in [0.2, 0.25) is 5.02 Å². The van der Waals surface area contributed by atoms with Crippen LogP contribution in [0, 0.1) is 0 Å². The van der Waals surface area contributed by atoms with E-state index >= 15 is 0 Å². The van der Waals surface area contributed by atoms with E-state index in [0.717, 1.165) is 6.42 Å². The number of carbonyl (C=O) groups excluding carboxylic acids is 1. The van der Waals surface area contributed by atoms with Crippen LogP contribution in [0.5, 0.6) is 0 Å². The Morgan fingerprint density at radius 3 is 2.43 bits per heavy atom. The minimum Gasteiger partial charge on any atom is -0.331 e. The second kappa shape index (κ2) is 7.20. The Labute approximate surface area is 134 Å². The zero-order valence-electron chi connectivity index (χ0n) is 11.5. The number of aryl methyl sites for hydroxylation is 1. The molecule has 108 valence electrons. The van der Waals surface area contributed by atoms with Crippen LogP contribution in [0.1, 0.15) is 22.8 Å². The summed E-state index contributed by atoms with van der Waals surface area (Å²) in [6, 6.07) is 14.6. The van der Waals surface area contributed by atoms with E-state index in [2.05, 4.69) is 17.6 Å². The van der Waals surface area contributed by atoms with Gasteiger partial charge in [-0.2, -0.15) is 0 Å². The molecule has 0 heterocycles. The van der Waals surface area contributed by atoms with Crippen molar-refractivity contribution < 1.29 is 4.79 Å². The highest BCUT2D eigenvalue weighted by Gasteiger charge is 2.08. The average Bonchev–Trinajstić information content (AvgIpc) is 2.49. The standard InChI is InChI=1S/C16H15ClN2OS/c1-2-11-7-9-12(10-8-11)15(20)19-16(21)18-14-6-4-3-5-13(14)17/h3-10H,2H2,1H3,(H2,18,19,20,21). The van der Waals surface area contributed by atoms with Gasteiger partial charge in [0, 0.05) is 5.56 Å². The van der Waals surface area contributed by atoms with Gasteiger partial charge in [0.1, 0.15) is 0 Å². The Morgan fingerprint density at radius 1 is 1.14 bits per heavy atom. The van der Waals surface area contributed by atoms with Crippen LogP contribution in [0.25, 0.3) is 0 Å². The van der Waals surface area contributed by atoms with Gasteiger partial charge in [0.2, 0.25) is 0 Å². The number of thiocarbonyl (C=S) groups is 1. The fraction of sp³-hybridized carbons (Fsp3) is 0.125. The molecule has 1 amide bonds. The maximum atomic E-state index is 12.1. The van der Waals surface area contributed by atoms with Crippen molar-refractivity contribution in [2.75, 3.05) is 5.32 Å². The third kappa shape index (κ3) is 4.28. The van der Waals surface area contributed by atoms with E-state index < -0.39 is 0 Å². The molecule has 0 unspecified atom stereocenters. The Kier molecular flexibility index (Phi) is 5.31. The highest BCUT2D eigenvalue weighted by Crippen LogP contribution is 2.20. The van der Waals surface area contributed by atoms with Gasteiger partial charge in [0.25, 0.3) is 5.91 Å². The predicted octanol–water partition coefficient (Wildman–Crippen LogP) is 4.03. The van der Waals surface area contributed by atoms with Gasteiger partial charge < -0.3 is 5.32 Å². The summed E-state index contributed by atoms with van der Waals surface area (Å²) in [5.74, 6) is -0.248. The number of benzene rings is 2. The second-order valence-corrected chi connectivity index (χ2v) is 5.25. The smallest absolute Gasteiger partial charge is 0.257 e. The molecule has 21 heavy (non-hydrogen) atoms. The average molecular weight is 319 g/mol. The monoisotopic (exact) mass is 318 g/mol. The lowest BCUT2D eigenvalue weighted by Crippen LogP contribution is -2.34. The van der Waals surface area contributed by atoms with E-state index in [4.69, 9.17) is 23.8 Å². The first-order valence-corrected chi connectivity index (χ1v) is 7.34. The summed E-state index contributed by atoms with van der Waals surface area (Å²) < 4.78 is 0. The number of nitrogens with one attached hydrogen (secondary N) is 2. The van der Waals surface area contributed by atoms with Crippen LogP contribution in [0.15, 0.2) is 48.5 Å². The number of amides is 1. The van der Waals surface area contributed by atoms with Crippen molar-refractivity contribution in [2.24, 2.45) is 0 Å². The molecule has 0 spiro atoms. The Balaban J connectivity index is 1.98. The van der Waals surface area contributed by atoms with Gasteiger partial charge in [-0.05, 0) is 48.5 Å². The van der Waals surface area contributed by atoms with Crippen molar-refractivity contribution in [3.8, 4) is 0 Å². The van der Waals surface area contributed by atoms with Crippen molar-refractivity contribution in [3.63, 3.8) is 0 Å². The summed E-state index contributed by atoms with van der Waals surface area (Å²) in [5, 5.41) is 6.29.